The molecule has 0 unspecified atom stereocenters. The van der Waals surface area contributed by atoms with Crippen molar-refractivity contribution in [3.8, 4) is 5.82 Å². The van der Waals surface area contributed by atoms with Crippen LogP contribution in [0.15, 0.2) is 42.0 Å². The van der Waals surface area contributed by atoms with Gasteiger partial charge in [0.1, 0.15) is 0 Å². The third kappa shape index (κ3) is 10.8. The van der Waals surface area contributed by atoms with Crippen LogP contribution in [-0.2, 0) is 29.1 Å². The van der Waals surface area contributed by atoms with E-state index in [4.69, 9.17) is 19.8 Å². The topological polar surface area (TPSA) is 138 Å². The number of pyridine rings is 1. The van der Waals surface area contributed by atoms with Gasteiger partial charge < -0.3 is 15.5 Å². The molecule has 0 radical (unpaired) electrons. The molecular weight excluding hydrogens is 632 g/mol. The zero-order valence-corrected chi connectivity index (χ0v) is 24.6. The highest BCUT2D eigenvalue weighted by molar-refractivity contribution is 7.09. The second kappa shape index (κ2) is 15.8. The Morgan fingerprint density at radius 3 is 2.18 bits per heavy atom. The lowest BCUT2D eigenvalue weighted by molar-refractivity contribution is -0.193. The van der Waals surface area contributed by atoms with Crippen molar-refractivity contribution < 1.29 is 50.9 Å². The van der Waals surface area contributed by atoms with Gasteiger partial charge in [-0.2, -0.15) is 31.4 Å². The van der Waals surface area contributed by atoms with E-state index in [-0.39, 0.29) is 5.91 Å². The molecule has 3 aromatic rings. The maximum absolute atomic E-state index is 13.0. The molecule has 246 valence electrons. The summed E-state index contributed by atoms with van der Waals surface area (Å²) in [7, 11) is 0. The number of nitrogens with zero attached hydrogens (tertiary/aromatic N) is 4. The fourth-order valence-corrected chi connectivity index (χ4v) is 5.57. The number of carbonyl (C=O) groups excluding carboxylic acids is 1. The van der Waals surface area contributed by atoms with E-state index < -0.39 is 24.3 Å². The molecule has 1 aliphatic carbocycles. The van der Waals surface area contributed by atoms with Gasteiger partial charge >= 0.3 is 24.3 Å². The fraction of sp³-hybridized carbons (Fsp3) is 0.464. The second-order valence-electron chi connectivity index (χ2n) is 10.3. The van der Waals surface area contributed by atoms with Crippen LogP contribution in [0, 0.1) is 5.92 Å². The number of carboxylic acids is 2. The minimum atomic E-state index is -5.08. The van der Waals surface area contributed by atoms with Crippen LogP contribution >= 0.6 is 11.3 Å². The summed E-state index contributed by atoms with van der Waals surface area (Å²) in [6.45, 7) is 3.27. The van der Waals surface area contributed by atoms with E-state index in [9.17, 15) is 31.1 Å². The summed E-state index contributed by atoms with van der Waals surface area (Å²) in [5.74, 6) is -3.97. The van der Waals surface area contributed by atoms with Crippen molar-refractivity contribution in [1.82, 2.24) is 25.0 Å². The Hall–Kier alpha value is -3.99. The number of rotatable bonds is 6. The largest absolute Gasteiger partial charge is 0.490 e. The third-order valence-electron chi connectivity index (χ3n) is 6.91. The average molecular weight is 664 g/mol. The predicted octanol–water partition coefficient (Wildman–Crippen LogP) is 5.46. The molecule has 0 spiro atoms. The molecule has 45 heavy (non-hydrogen) atoms. The molecule has 5 rings (SSSR count). The Labute approximate surface area is 257 Å². The van der Waals surface area contributed by atoms with Crippen LogP contribution in [0.5, 0.6) is 0 Å². The summed E-state index contributed by atoms with van der Waals surface area (Å²) >= 11 is 1.72. The van der Waals surface area contributed by atoms with E-state index in [2.05, 4.69) is 37.8 Å². The Bertz CT molecular complexity index is 1400. The van der Waals surface area contributed by atoms with Crippen LogP contribution in [0.2, 0.25) is 0 Å². The number of carbonyl (C=O) groups is 3. The molecule has 0 bridgehead atoms. The minimum absolute atomic E-state index is 0.0465. The number of aliphatic carboxylic acids is 2. The first-order valence-electron chi connectivity index (χ1n) is 13.8. The Balaban J connectivity index is 0.000000331. The Kier molecular flexibility index (Phi) is 12.5. The van der Waals surface area contributed by atoms with Gasteiger partial charge in [0.25, 0.3) is 5.91 Å². The molecule has 17 heteroatoms. The van der Waals surface area contributed by atoms with Crippen LogP contribution in [0.4, 0.5) is 26.3 Å². The van der Waals surface area contributed by atoms with Gasteiger partial charge in [0.05, 0.1) is 17.5 Å². The normalized spacial score (nSPS) is 15.2. The van der Waals surface area contributed by atoms with Crippen molar-refractivity contribution >= 4 is 29.2 Å². The van der Waals surface area contributed by atoms with Crippen LogP contribution < -0.4 is 5.32 Å². The van der Waals surface area contributed by atoms with Gasteiger partial charge in [0.15, 0.2) is 5.82 Å². The number of carboxylic acid groups (broad SMARTS) is 2. The quantitative estimate of drug-likeness (QED) is 0.296. The molecule has 1 saturated carbocycles. The fourth-order valence-electron chi connectivity index (χ4n) is 4.86. The number of fused-ring (bicyclic) bond motifs is 3. The van der Waals surface area contributed by atoms with Crippen molar-refractivity contribution in [3.63, 3.8) is 0 Å². The number of alkyl halides is 6. The number of aromatic nitrogens is 3. The number of thiophene rings is 1. The molecule has 1 aliphatic heterocycles. The summed E-state index contributed by atoms with van der Waals surface area (Å²) in [5.41, 5.74) is 2.78. The second-order valence-corrected chi connectivity index (χ2v) is 11.3. The van der Waals surface area contributed by atoms with Crippen molar-refractivity contribution in [1.29, 1.82) is 0 Å². The van der Waals surface area contributed by atoms with E-state index in [0.717, 1.165) is 43.5 Å². The lowest BCUT2D eigenvalue weighted by atomic mass is 9.89. The van der Waals surface area contributed by atoms with Crippen molar-refractivity contribution in [2.45, 2.75) is 64.0 Å². The highest BCUT2D eigenvalue weighted by atomic mass is 32.1. The van der Waals surface area contributed by atoms with Gasteiger partial charge in [0.2, 0.25) is 0 Å². The summed E-state index contributed by atoms with van der Waals surface area (Å²) in [4.78, 5) is 39.2. The minimum Gasteiger partial charge on any atom is -0.475 e. The highest BCUT2D eigenvalue weighted by Gasteiger charge is 2.39. The smallest absolute Gasteiger partial charge is 0.475 e. The summed E-state index contributed by atoms with van der Waals surface area (Å²) in [6.07, 6.45) is 0.869. The molecule has 1 amide bonds. The Morgan fingerprint density at radius 1 is 0.956 bits per heavy atom. The molecule has 1 fully saturated rings. The standard InChI is InChI=1S/C24H29N5OS.2C2HF3O2/c30-24(26-12-10-20-9-5-13-31-20)21-14-27-29-22(21)17-28(15-18-6-2-1-3-7-18)16-19-8-4-11-25-23(19)29;2*3-2(4,5)1(6)7/h4-5,8-9,11,13-14,18H,1-3,6-7,10,12,15-17H2,(H,26,30);2*(H,6,7). The van der Waals surface area contributed by atoms with Crippen molar-refractivity contribution in [3.05, 3.63) is 63.7 Å². The van der Waals surface area contributed by atoms with Crippen LogP contribution in [0.1, 0.15) is 58.6 Å². The van der Waals surface area contributed by atoms with Gasteiger partial charge in [-0.1, -0.05) is 31.4 Å². The number of amides is 1. The highest BCUT2D eigenvalue weighted by Crippen LogP contribution is 2.29. The summed E-state index contributed by atoms with van der Waals surface area (Å²) in [5, 5.41) is 24.0. The first-order chi connectivity index (χ1) is 21.2. The van der Waals surface area contributed by atoms with Crippen LogP contribution in [0.25, 0.3) is 5.82 Å². The molecule has 0 saturated heterocycles. The predicted molar refractivity (Wildman–Crippen MR) is 150 cm³/mol. The maximum atomic E-state index is 13.0. The third-order valence-corrected chi connectivity index (χ3v) is 7.85. The van der Waals surface area contributed by atoms with E-state index >= 15 is 0 Å². The molecule has 0 atom stereocenters. The van der Waals surface area contributed by atoms with E-state index in [0.29, 0.717) is 12.1 Å². The molecule has 2 aliphatic rings. The summed E-state index contributed by atoms with van der Waals surface area (Å²) < 4.78 is 65.4. The van der Waals surface area contributed by atoms with E-state index in [1.165, 1.54) is 42.5 Å². The van der Waals surface area contributed by atoms with Crippen molar-refractivity contribution in [2.75, 3.05) is 13.1 Å². The van der Waals surface area contributed by atoms with E-state index in [1.54, 1.807) is 17.5 Å². The monoisotopic (exact) mass is 663 g/mol. The lowest BCUT2D eigenvalue weighted by Gasteiger charge is -2.28. The summed E-state index contributed by atoms with van der Waals surface area (Å²) in [6, 6.07) is 8.28. The van der Waals surface area contributed by atoms with Gasteiger partial charge in [-0.05, 0) is 42.7 Å². The number of nitrogens with one attached hydrogen (secondary N) is 1. The lowest BCUT2D eigenvalue weighted by Crippen LogP contribution is -2.31. The molecule has 3 aromatic heterocycles. The molecule has 10 nitrogen and oxygen atoms in total. The van der Waals surface area contributed by atoms with Gasteiger partial charge in [0, 0.05) is 42.8 Å². The van der Waals surface area contributed by atoms with Gasteiger partial charge in [-0.15, -0.1) is 11.3 Å². The molecular formula is C28H31F6N5O5S. The Morgan fingerprint density at radius 2 is 1.60 bits per heavy atom. The zero-order valence-electron chi connectivity index (χ0n) is 23.8. The molecule has 0 aromatic carbocycles. The number of halogens is 6. The SMILES string of the molecule is O=C(NCCc1cccs1)c1cnn2c1CN(CC1CCCCC1)Cc1cccnc1-2.O=C(O)C(F)(F)F.O=C(O)C(F)(F)F. The average Bonchev–Trinajstić information content (AvgIpc) is 3.61. The number of hydrogen-bond acceptors (Lipinski definition) is 7. The first-order valence-corrected chi connectivity index (χ1v) is 14.7. The van der Waals surface area contributed by atoms with Crippen LogP contribution in [0.3, 0.4) is 0 Å². The molecule has 3 N–H and O–H groups in total. The van der Waals surface area contributed by atoms with Crippen molar-refractivity contribution in [2.24, 2.45) is 5.92 Å². The zero-order chi connectivity index (χ0) is 33.2. The van der Waals surface area contributed by atoms with Crippen LogP contribution in [-0.4, -0.2) is 73.2 Å². The van der Waals surface area contributed by atoms with Gasteiger partial charge in [-0.3, -0.25) is 9.69 Å². The first kappa shape index (κ1) is 35.5. The van der Waals surface area contributed by atoms with E-state index in [1.807, 2.05) is 23.0 Å². The maximum Gasteiger partial charge on any atom is 0.490 e. The molecule has 4 heterocycles. The van der Waals surface area contributed by atoms with Gasteiger partial charge in [-0.25, -0.2) is 19.3 Å². The number of hydrogen-bond donors (Lipinski definition) is 3.